The van der Waals surface area contributed by atoms with Crippen LogP contribution in [0, 0.1) is 12.8 Å². The number of ether oxygens (including phenoxy) is 1. The zero-order valence-electron chi connectivity index (χ0n) is 10.2. The van der Waals surface area contributed by atoms with E-state index in [1.807, 2.05) is 25.1 Å². The molecule has 0 aromatic heterocycles. The molecular weight excluding hydrogens is 236 g/mol. The lowest BCUT2D eigenvalue weighted by atomic mass is 10.2. The van der Waals surface area contributed by atoms with Crippen molar-refractivity contribution in [3.63, 3.8) is 0 Å². The van der Waals surface area contributed by atoms with Gasteiger partial charge in [0, 0.05) is 11.3 Å². The van der Waals surface area contributed by atoms with E-state index >= 15 is 0 Å². The van der Waals surface area contributed by atoms with E-state index in [2.05, 4.69) is 4.74 Å². The highest BCUT2D eigenvalue weighted by atomic mass is 32.2. The molecule has 1 aromatic rings. The number of esters is 1. The van der Waals surface area contributed by atoms with Crippen molar-refractivity contribution in [3.05, 3.63) is 35.4 Å². The molecule has 0 bridgehead atoms. The molecule has 1 unspecified atom stereocenters. The van der Waals surface area contributed by atoms with E-state index in [0.717, 1.165) is 17.3 Å². The van der Waals surface area contributed by atoms with Crippen molar-refractivity contribution in [1.29, 1.82) is 0 Å². The Balaban J connectivity index is 2.53. The van der Waals surface area contributed by atoms with Crippen LogP contribution in [0.15, 0.2) is 24.3 Å². The molecule has 0 N–H and O–H groups in total. The molecule has 0 spiro atoms. The third-order valence-electron chi connectivity index (χ3n) is 2.32. The van der Waals surface area contributed by atoms with Gasteiger partial charge in [-0.3, -0.25) is 9.59 Å². The summed E-state index contributed by atoms with van der Waals surface area (Å²) in [7, 11) is 1.35. The fourth-order valence-corrected chi connectivity index (χ4v) is 2.16. The highest BCUT2D eigenvalue weighted by Gasteiger charge is 2.16. The first kappa shape index (κ1) is 13.8. The highest BCUT2D eigenvalue weighted by Crippen LogP contribution is 2.17. The van der Waals surface area contributed by atoms with Gasteiger partial charge in [-0.15, -0.1) is 0 Å². The largest absolute Gasteiger partial charge is 0.469 e. The van der Waals surface area contributed by atoms with E-state index < -0.39 is 0 Å². The first-order valence-electron chi connectivity index (χ1n) is 5.36. The maximum atomic E-state index is 11.8. The van der Waals surface area contributed by atoms with Crippen LogP contribution in [0.4, 0.5) is 0 Å². The minimum Gasteiger partial charge on any atom is -0.469 e. The van der Waals surface area contributed by atoms with Crippen molar-refractivity contribution in [1.82, 2.24) is 0 Å². The average molecular weight is 252 g/mol. The summed E-state index contributed by atoms with van der Waals surface area (Å²) in [5, 5.41) is -0.00977. The fraction of sp³-hybridized carbons (Fsp3) is 0.385. The van der Waals surface area contributed by atoms with Gasteiger partial charge in [-0.25, -0.2) is 0 Å². The molecule has 0 amide bonds. The molecule has 0 aliphatic rings. The number of aryl methyl sites for hydroxylation is 1. The second kappa shape index (κ2) is 6.45. The molecule has 92 valence electrons. The summed E-state index contributed by atoms with van der Waals surface area (Å²) in [6.07, 6.45) is 0. The molecule has 4 heteroatoms. The third kappa shape index (κ3) is 4.23. The molecule has 17 heavy (non-hydrogen) atoms. The molecule has 0 aliphatic carbocycles. The number of carbonyl (C=O) groups is 2. The van der Waals surface area contributed by atoms with Crippen LogP contribution in [-0.4, -0.2) is 23.9 Å². The van der Waals surface area contributed by atoms with E-state index in [9.17, 15) is 9.59 Å². The van der Waals surface area contributed by atoms with Gasteiger partial charge in [-0.1, -0.05) is 42.4 Å². The molecule has 0 saturated carbocycles. The minimum atomic E-state index is -0.283. The summed E-state index contributed by atoms with van der Waals surface area (Å²) in [6, 6.07) is 7.43. The number of hydrogen-bond acceptors (Lipinski definition) is 4. The Morgan fingerprint density at radius 2 is 2.12 bits per heavy atom. The van der Waals surface area contributed by atoms with Crippen LogP contribution in [0.3, 0.4) is 0 Å². The standard InChI is InChI=1S/C13H16O3S/c1-9-5-4-6-11(7-9)13(15)17-8-10(2)12(14)16-3/h4-7,10H,8H2,1-3H3. The number of methoxy groups -OCH3 is 1. The van der Waals surface area contributed by atoms with Crippen molar-refractivity contribution in [2.24, 2.45) is 5.92 Å². The molecule has 1 rings (SSSR count). The van der Waals surface area contributed by atoms with Gasteiger partial charge in [0.1, 0.15) is 0 Å². The van der Waals surface area contributed by atoms with Gasteiger partial charge in [0.15, 0.2) is 0 Å². The quantitative estimate of drug-likeness (QED) is 0.773. The Morgan fingerprint density at radius 3 is 2.71 bits per heavy atom. The van der Waals surface area contributed by atoms with E-state index in [0.29, 0.717) is 11.3 Å². The molecule has 1 atom stereocenters. The monoisotopic (exact) mass is 252 g/mol. The second-order valence-electron chi connectivity index (χ2n) is 3.89. The summed E-state index contributed by atoms with van der Waals surface area (Å²) in [6.45, 7) is 3.70. The van der Waals surface area contributed by atoms with Crippen LogP contribution in [-0.2, 0) is 9.53 Å². The number of hydrogen-bond donors (Lipinski definition) is 0. The predicted molar refractivity (Wildman–Crippen MR) is 69.1 cm³/mol. The van der Waals surface area contributed by atoms with Crippen LogP contribution in [0.25, 0.3) is 0 Å². The Hall–Kier alpha value is -1.29. The normalized spacial score (nSPS) is 11.9. The lowest BCUT2D eigenvalue weighted by Crippen LogP contribution is -2.15. The molecule has 0 radical (unpaired) electrons. The second-order valence-corrected chi connectivity index (χ2v) is 4.88. The van der Waals surface area contributed by atoms with Crippen LogP contribution >= 0.6 is 11.8 Å². The van der Waals surface area contributed by atoms with Crippen LogP contribution in [0.2, 0.25) is 0 Å². The molecule has 0 heterocycles. The van der Waals surface area contributed by atoms with Crippen molar-refractivity contribution in [3.8, 4) is 0 Å². The maximum Gasteiger partial charge on any atom is 0.309 e. The number of carbonyl (C=O) groups excluding carboxylic acids is 2. The Bertz CT molecular complexity index is 415. The summed E-state index contributed by atoms with van der Waals surface area (Å²) in [5.74, 6) is -0.104. The Kier molecular flexibility index (Phi) is 5.22. The van der Waals surface area contributed by atoms with E-state index in [1.54, 1.807) is 13.0 Å². The molecular formula is C13H16O3S. The molecule has 0 aliphatic heterocycles. The van der Waals surface area contributed by atoms with Gasteiger partial charge < -0.3 is 4.74 Å². The van der Waals surface area contributed by atoms with Crippen molar-refractivity contribution < 1.29 is 14.3 Å². The lowest BCUT2D eigenvalue weighted by molar-refractivity contribution is -0.143. The molecule has 0 saturated heterocycles. The van der Waals surface area contributed by atoms with Gasteiger partial charge in [0.05, 0.1) is 13.0 Å². The van der Waals surface area contributed by atoms with Crippen molar-refractivity contribution in [2.45, 2.75) is 13.8 Å². The third-order valence-corrected chi connectivity index (χ3v) is 3.49. The van der Waals surface area contributed by atoms with Crippen LogP contribution < -0.4 is 0 Å². The molecule has 1 aromatic carbocycles. The Labute approximate surface area is 106 Å². The smallest absolute Gasteiger partial charge is 0.309 e. The van der Waals surface area contributed by atoms with Crippen molar-refractivity contribution >= 4 is 22.8 Å². The number of benzene rings is 1. The first-order chi connectivity index (χ1) is 8.04. The fourth-order valence-electron chi connectivity index (χ4n) is 1.33. The van der Waals surface area contributed by atoms with Gasteiger partial charge in [-0.05, 0) is 13.0 Å². The zero-order chi connectivity index (χ0) is 12.8. The van der Waals surface area contributed by atoms with Gasteiger partial charge >= 0.3 is 5.97 Å². The van der Waals surface area contributed by atoms with Crippen molar-refractivity contribution in [2.75, 3.05) is 12.9 Å². The van der Waals surface area contributed by atoms with Crippen LogP contribution in [0.5, 0.6) is 0 Å². The number of rotatable bonds is 4. The van der Waals surface area contributed by atoms with Gasteiger partial charge in [0.25, 0.3) is 0 Å². The van der Waals surface area contributed by atoms with Crippen LogP contribution in [0.1, 0.15) is 22.8 Å². The van der Waals surface area contributed by atoms with E-state index in [1.165, 1.54) is 7.11 Å². The summed E-state index contributed by atoms with van der Waals surface area (Å²) < 4.78 is 4.61. The van der Waals surface area contributed by atoms with E-state index in [4.69, 9.17) is 0 Å². The topological polar surface area (TPSA) is 43.4 Å². The minimum absolute atomic E-state index is 0.00977. The first-order valence-corrected chi connectivity index (χ1v) is 6.34. The maximum absolute atomic E-state index is 11.8. The SMILES string of the molecule is COC(=O)C(C)CSC(=O)c1cccc(C)c1. The van der Waals surface area contributed by atoms with E-state index in [-0.39, 0.29) is 17.0 Å². The summed E-state index contributed by atoms with van der Waals surface area (Å²) in [4.78, 5) is 23.0. The van der Waals surface area contributed by atoms with Gasteiger partial charge in [0.2, 0.25) is 5.12 Å². The zero-order valence-corrected chi connectivity index (χ0v) is 11.0. The summed E-state index contributed by atoms with van der Waals surface area (Å²) in [5.41, 5.74) is 1.73. The van der Waals surface area contributed by atoms with Gasteiger partial charge in [-0.2, -0.15) is 0 Å². The number of thioether (sulfide) groups is 1. The molecule has 3 nitrogen and oxygen atoms in total. The lowest BCUT2D eigenvalue weighted by Gasteiger charge is -2.07. The summed E-state index contributed by atoms with van der Waals surface area (Å²) >= 11 is 1.15. The average Bonchev–Trinajstić information content (AvgIpc) is 2.34. The predicted octanol–water partition coefficient (Wildman–Crippen LogP) is 2.68. The molecule has 0 fully saturated rings. The Morgan fingerprint density at radius 1 is 1.41 bits per heavy atom. The highest BCUT2D eigenvalue weighted by molar-refractivity contribution is 8.14.